The summed E-state index contributed by atoms with van der Waals surface area (Å²) in [7, 11) is 0. The highest BCUT2D eigenvalue weighted by molar-refractivity contribution is 9.10. The van der Waals surface area contributed by atoms with Crippen LogP contribution in [-0.4, -0.2) is 5.91 Å². The predicted molar refractivity (Wildman–Crippen MR) is 72.1 cm³/mol. The number of halogens is 3. The molecule has 0 aliphatic rings. The first-order chi connectivity index (χ1) is 7.47. The molecule has 3 nitrogen and oxygen atoms in total. The van der Waals surface area contributed by atoms with Crippen LogP contribution in [0.5, 0.6) is 0 Å². The van der Waals surface area contributed by atoms with Crippen molar-refractivity contribution in [2.24, 2.45) is 0 Å². The van der Waals surface area contributed by atoms with E-state index < -0.39 is 0 Å². The van der Waals surface area contributed by atoms with Gasteiger partial charge in [-0.1, -0.05) is 30.1 Å². The van der Waals surface area contributed by atoms with Gasteiger partial charge in [-0.15, -0.1) is 0 Å². The summed E-state index contributed by atoms with van der Waals surface area (Å²) in [6.45, 7) is 1.92. The fourth-order valence-corrected chi connectivity index (χ4v) is 2.09. The summed E-state index contributed by atoms with van der Waals surface area (Å²) in [5.41, 5.74) is 6.49. The van der Waals surface area contributed by atoms with Gasteiger partial charge in [-0.2, -0.15) is 0 Å². The number of hydrogen-bond acceptors (Lipinski definition) is 2. The second-order valence-electron chi connectivity index (χ2n) is 3.25. The maximum Gasteiger partial charge on any atom is 0.224 e. The van der Waals surface area contributed by atoms with Crippen LogP contribution in [0.3, 0.4) is 0 Å². The van der Waals surface area contributed by atoms with Crippen molar-refractivity contribution in [3.63, 3.8) is 0 Å². The molecule has 0 aliphatic carbocycles. The van der Waals surface area contributed by atoms with Crippen LogP contribution in [-0.2, 0) is 4.79 Å². The van der Waals surface area contributed by atoms with Crippen LogP contribution in [0.2, 0.25) is 10.0 Å². The minimum atomic E-state index is -0.0999. The van der Waals surface area contributed by atoms with Crippen molar-refractivity contribution in [3.05, 3.63) is 20.6 Å². The maximum absolute atomic E-state index is 11.4. The van der Waals surface area contributed by atoms with E-state index in [9.17, 15) is 4.79 Å². The molecule has 0 spiro atoms. The van der Waals surface area contributed by atoms with Gasteiger partial charge in [0.25, 0.3) is 0 Å². The summed E-state index contributed by atoms with van der Waals surface area (Å²) in [6.07, 6.45) is 1.21. The lowest BCUT2D eigenvalue weighted by Crippen LogP contribution is -2.11. The first kappa shape index (κ1) is 13.6. The third kappa shape index (κ3) is 3.03. The maximum atomic E-state index is 11.4. The fraction of sp³-hybridized carbons (Fsp3) is 0.300. The van der Waals surface area contributed by atoms with Gasteiger partial charge in [0, 0.05) is 6.42 Å². The molecule has 0 radical (unpaired) electrons. The first-order valence-corrected chi connectivity index (χ1v) is 6.25. The topological polar surface area (TPSA) is 55.1 Å². The Balaban J connectivity index is 3.02. The average Bonchev–Trinajstić information content (AvgIpc) is 2.23. The Hall–Kier alpha value is -0.450. The summed E-state index contributed by atoms with van der Waals surface area (Å²) in [5.74, 6) is -0.0999. The highest BCUT2D eigenvalue weighted by Crippen LogP contribution is 2.39. The van der Waals surface area contributed by atoms with Crippen LogP contribution in [0.25, 0.3) is 0 Å². The number of anilines is 2. The predicted octanol–water partition coefficient (Wildman–Crippen LogP) is 4.08. The Morgan fingerprint density at radius 2 is 2.19 bits per heavy atom. The number of nitrogens with one attached hydrogen (secondary N) is 1. The van der Waals surface area contributed by atoms with Gasteiger partial charge < -0.3 is 11.1 Å². The summed E-state index contributed by atoms with van der Waals surface area (Å²) >= 11 is 15.1. The van der Waals surface area contributed by atoms with Gasteiger partial charge in [-0.3, -0.25) is 4.79 Å². The monoisotopic (exact) mass is 324 g/mol. The fourth-order valence-electron chi connectivity index (χ4n) is 1.14. The van der Waals surface area contributed by atoms with E-state index >= 15 is 0 Å². The van der Waals surface area contributed by atoms with E-state index in [0.717, 1.165) is 6.42 Å². The summed E-state index contributed by atoms with van der Waals surface area (Å²) in [5, 5.41) is 3.38. The molecule has 16 heavy (non-hydrogen) atoms. The van der Waals surface area contributed by atoms with Crippen molar-refractivity contribution in [2.45, 2.75) is 19.8 Å². The van der Waals surface area contributed by atoms with Crippen LogP contribution >= 0.6 is 39.1 Å². The van der Waals surface area contributed by atoms with Gasteiger partial charge in [0.2, 0.25) is 5.91 Å². The van der Waals surface area contributed by atoms with Gasteiger partial charge in [0.05, 0.1) is 25.9 Å². The Bertz CT molecular complexity index is 424. The zero-order valence-corrected chi connectivity index (χ0v) is 11.7. The van der Waals surface area contributed by atoms with Crippen LogP contribution in [0.1, 0.15) is 19.8 Å². The lowest BCUT2D eigenvalue weighted by Gasteiger charge is -2.11. The highest BCUT2D eigenvalue weighted by atomic mass is 79.9. The van der Waals surface area contributed by atoms with Crippen LogP contribution in [0.15, 0.2) is 10.5 Å². The molecule has 3 N–H and O–H groups in total. The average molecular weight is 326 g/mol. The molecule has 0 fully saturated rings. The van der Waals surface area contributed by atoms with E-state index in [4.69, 9.17) is 28.9 Å². The minimum Gasteiger partial charge on any atom is -0.397 e. The second kappa shape index (κ2) is 5.75. The molecular formula is C10H11BrCl2N2O. The highest BCUT2D eigenvalue weighted by Gasteiger charge is 2.13. The SMILES string of the molecule is CCCC(=O)Nc1cc(Cl)c(N)c(Br)c1Cl. The number of nitrogen functional groups attached to an aromatic ring is 1. The van der Waals surface area contributed by atoms with Crippen molar-refractivity contribution in [3.8, 4) is 0 Å². The van der Waals surface area contributed by atoms with E-state index in [1.54, 1.807) is 0 Å². The zero-order chi connectivity index (χ0) is 12.3. The Kier molecular flexibility index (Phi) is 4.89. The Morgan fingerprint density at radius 3 is 2.75 bits per heavy atom. The van der Waals surface area contributed by atoms with Gasteiger partial charge in [-0.25, -0.2) is 0 Å². The molecule has 0 heterocycles. The van der Waals surface area contributed by atoms with Crippen molar-refractivity contribution in [2.75, 3.05) is 11.1 Å². The molecule has 0 saturated carbocycles. The first-order valence-electron chi connectivity index (χ1n) is 4.70. The van der Waals surface area contributed by atoms with Crippen LogP contribution in [0, 0.1) is 0 Å². The molecule has 0 unspecified atom stereocenters. The molecule has 0 atom stereocenters. The van der Waals surface area contributed by atoms with Crippen LogP contribution in [0.4, 0.5) is 11.4 Å². The van der Waals surface area contributed by atoms with Crippen molar-refractivity contribution < 1.29 is 4.79 Å². The molecule has 1 amide bonds. The van der Waals surface area contributed by atoms with Gasteiger partial charge >= 0.3 is 0 Å². The number of benzene rings is 1. The van der Waals surface area contributed by atoms with E-state index in [0.29, 0.717) is 32.3 Å². The number of carbonyl (C=O) groups is 1. The summed E-state index contributed by atoms with van der Waals surface area (Å²) in [4.78, 5) is 11.4. The second-order valence-corrected chi connectivity index (χ2v) is 4.82. The van der Waals surface area contributed by atoms with Gasteiger partial charge in [-0.05, 0) is 28.4 Å². The summed E-state index contributed by atoms with van der Waals surface area (Å²) in [6, 6.07) is 1.54. The van der Waals surface area contributed by atoms with E-state index in [1.807, 2.05) is 6.92 Å². The molecule has 1 rings (SSSR count). The largest absolute Gasteiger partial charge is 0.397 e. The lowest BCUT2D eigenvalue weighted by atomic mass is 10.2. The van der Waals surface area contributed by atoms with Crippen molar-refractivity contribution >= 4 is 56.4 Å². The number of rotatable bonds is 3. The smallest absolute Gasteiger partial charge is 0.224 e. The zero-order valence-electron chi connectivity index (χ0n) is 8.61. The van der Waals surface area contributed by atoms with E-state index in [2.05, 4.69) is 21.2 Å². The third-order valence-corrected chi connectivity index (χ3v) is 3.70. The molecule has 0 aliphatic heterocycles. The lowest BCUT2D eigenvalue weighted by molar-refractivity contribution is -0.116. The van der Waals surface area contributed by atoms with E-state index in [-0.39, 0.29) is 5.91 Å². The number of nitrogens with two attached hydrogens (primary N) is 1. The number of carbonyl (C=O) groups excluding carboxylic acids is 1. The normalized spacial score (nSPS) is 10.2. The Labute approximate surface area is 112 Å². The Morgan fingerprint density at radius 1 is 1.56 bits per heavy atom. The standard InChI is InChI=1S/C10H11BrCl2N2O/c1-2-3-7(16)15-6-4-5(12)10(14)8(11)9(6)13/h4H,2-3,14H2,1H3,(H,15,16). The quantitative estimate of drug-likeness (QED) is 0.650. The molecule has 0 aromatic heterocycles. The third-order valence-electron chi connectivity index (χ3n) is 1.95. The molecule has 1 aromatic rings. The molecular weight excluding hydrogens is 315 g/mol. The number of amides is 1. The molecule has 0 saturated heterocycles. The van der Waals surface area contributed by atoms with E-state index in [1.165, 1.54) is 6.07 Å². The molecule has 0 bridgehead atoms. The van der Waals surface area contributed by atoms with Crippen molar-refractivity contribution in [1.29, 1.82) is 0 Å². The molecule has 88 valence electrons. The molecule has 6 heteroatoms. The van der Waals surface area contributed by atoms with Crippen LogP contribution < -0.4 is 11.1 Å². The number of hydrogen-bond donors (Lipinski definition) is 2. The molecule has 1 aromatic carbocycles. The minimum absolute atomic E-state index is 0.0999. The van der Waals surface area contributed by atoms with Gasteiger partial charge in [0.15, 0.2) is 0 Å². The van der Waals surface area contributed by atoms with Crippen molar-refractivity contribution in [1.82, 2.24) is 0 Å². The summed E-state index contributed by atoms with van der Waals surface area (Å²) < 4.78 is 0.494. The van der Waals surface area contributed by atoms with Gasteiger partial charge in [0.1, 0.15) is 0 Å².